The lowest BCUT2D eigenvalue weighted by molar-refractivity contribution is -0.120. The summed E-state index contributed by atoms with van der Waals surface area (Å²) < 4.78 is 1.66. The summed E-state index contributed by atoms with van der Waals surface area (Å²) >= 11 is 6.23. The Hall–Kier alpha value is -1.82. The number of imidazole rings is 1. The van der Waals surface area contributed by atoms with Crippen LogP contribution in [0.15, 0.2) is 11.0 Å². The second kappa shape index (κ2) is 7.45. The number of carbonyl (C=O) groups excluding carboxylic acids is 1. The highest BCUT2D eigenvalue weighted by Gasteiger charge is 2.15. The fourth-order valence-corrected chi connectivity index (χ4v) is 2.59. The first kappa shape index (κ1) is 16.5. The van der Waals surface area contributed by atoms with Crippen LogP contribution in [0.1, 0.15) is 45.1 Å². The number of nitrogens with one attached hydrogen (secondary N) is 2. The molecule has 0 aliphatic heterocycles. The molecule has 0 unspecified atom stereocenters. The molecule has 2 N–H and O–H groups in total. The molecule has 0 radical (unpaired) electrons. The third-order valence-electron chi connectivity index (χ3n) is 3.61. The zero-order valence-electron chi connectivity index (χ0n) is 12.9. The Bertz CT molecular complexity index is 720. The maximum atomic E-state index is 12.1. The number of rotatable bonds is 7. The van der Waals surface area contributed by atoms with Gasteiger partial charge in [0.15, 0.2) is 5.65 Å². The van der Waals surface area contributed by atoms with Gasteiger partial charge in [0.2, 0.25) is 5.91 Å². The molecule has 0 saturated heterocycles. The topological polar surface area (TPSA) is 79.8 Å². The van der Waals surface area contributed by atoms with Gasteiger partial charge >= 0.3 is 5.69 Å². The fourth-order valence-electron chi connectivity index (χ4n) is 2.38. The second-order valence-electron chi connectivity index (χ2n) is 5.20. The minimum absolute atomic E-state index is 0.0588. The Kier molecular flexibility index (Phi) is 5.60. The molecule has 0 spiro atoms. The monoisotopic (exact) mass is 324 g/mol. The molecule has 7 heteroatoms. The van der Waals surface area contributed by atoms with Crippen LogP contribution in [-0.2, 0) is 17.9 Å². The molecular weight excluding hydrogens is 304 g/mol. The predicted octanol–water partition coefficient (Wildman–Crippen LogP) is 2.59. The number of aromatic nitrogens is 3. The number of nitrogens with zero attached hydrogens (tertiary/aromatic N) is 2. The molecule has 0 aliphatic carbocycles. The van der Waals surface area contributed by atoms with Gasteiger partial charge in [-0.05, 0) is 6.42 Å². The van der Waals surface area contributed by atoms with Crippen LogP contribution in [0, 0.1) is 0 Å². The highest BCUT2D eigenvalue weighted by molar-refractivity contribution is 6.32. The van der Waals surface area contributed by atoms with E-state index < -0.39 is 0 Å². The van der Waals surface area contributed by atoms with Gasteiger partial charge in [-0.2, -0.15) is 0 Å². The number of fused-ring (bicyclic) bond motifs is 1. The van der Waals surface area contributed by atoms with Crippen molar-refractivity contribution in [1.29, 1.82) is 0 Å². The largest absolute Gasteiger partial charge is 0.352 e. The standard InChI is InChI=1S/C15H21ClN4O2/c1-3-5-6-7-20-13-10(8-17-12(21)4-2)11(16)9-18-14(13)19-15(20)22/h9H,3-8H2,1-2H3,(H,17,21)(H,18,19,22). The molecule has 1 amide bonds. The Morgan fingerprint density at radius 3 is 2.86 bits per heavy atom. The van der Waals surface area contributed by atoms with Crippen molar-refractivity contribution in [2.24, 2.45) is 0 Å². The molecule has 0 saturated carbocycles. The summed E-state index contributed by atoms with van der Waals surface area (Å²) in [6, 6.07) is 0. The quantitative estimate of drug-likeness (QED) is 0.768. The normalized spacial score (nSPS) is 11.0. The number of aromatic amines is 1. The molecule has 2 rings (SSSR count). The van der Waals surface area contributed by atoms with Crippen molar-refractivity contribution in [3.05, 3.63) is 27.3 Å². The molecule has 120 valence electrons. The average molecular weight is 325 g/mol. The minimum Gasteiger partial charge on any atom is -0.352 e. The summed E-state index contributed by atoms with van der Waals surface area (Å²) in [5, 5.41) is 3.26. The van der Waals surface area contributed by atoms with E-state index in [-0.39, 0.29) is 18.1 Å². The number of halogens is 1. The van der Waals surface area contributed by atoms with Gasteiger partial charge in [0, 0.05) is 31.3 Å². The molecule has 0 bridgehead atoms. The highest BCUT2D eigenvalue weighted by atomic mass is 35.5. The fraction of sp³-hybridized carbons (Fsp3) is 0.533. The first-order chi connectivity index (χ1) is 10.6. The average Bonchev–Trinajstić information content (AvgIpc) is 2.82. The van der Waals surface area contributed by atoms with Crippen molar-refractivity contribution in [3.8, 4) is 0 Å². The lowest BCUT2D eigenvalue weighted by atomic mass is 10.2. The van der Waals surface area contributed by atoms with Gasteiger partial charge in [-0.15, -0.1) is 0 Å². The highest BCUT2D eigenvalue weighted by Crippen LogP contribution is 2.23. The molecule has 6 nitrogen and oxygen atoms in total. The van der Waals surface area contributed by atoms with Gasteiger partial charge in [-0.3, -0.25) is 14.3 Å². The summed E-state index contributed by atoms with van der Waals surface area (Å²) in [5.41, 5.74) is 1.73. The predicted molar refractivity (Wildman–Crippen MR) is 87.0 cm³/mol. The van der Waals surface area contributed by atoms with E-state index in [0.29, 0.717) is 29.2 Å². The van der Waals surface area contributed by atoms with Crippen LogP contribution >= 0.6 is 11.6 Å². The number of hydrogen-bond acceptors (Lipinski definition) is 3. The van der Waals surface area contributed by atoms with Crippen LogP contribution in [0.3, 0.4) is 0 Å². The molecular formula is C15H21ClN4O2. The van der Waals surface area contributed by atoms with Gasteiger partial charge < -0.3 is 5.32 Å². The maximum absolute atomic E-state index is 12.1. The first-order valence-electron chi connectivity index (χ1n) is 7.61. The zero-order chi connectivity index (χ0) is 16.1. The van der Waals surface area contributed by atoms with E-state index in [1.54, 1.807) is 11.5 Å². The lowest BCUT2D eigenvalue weighted by Gasteiger charge is -2.10. The lowest BCUT2D eigenvalue weighted by Crippen LogP contribution is -2.23. The summed E-state index contributed by atoms with van der Waals surface area (Å²) in [6.45, 7) is 4.80. The van der Waals surface area contributed by atoms with E-state index in [4.69, 9.17) is 11.6 Å². The number of unbranched alkanes of at least 4 members (excludes halogenated alkanes) is 2. The van der Waals surface area contributed by atoms with E-state index in [2.05, 4.69) is 22.2 Å². The van der Waals surface area contributed by atoms with Crippen LogP contribution in [0.25, 0.3) is 11.2 Å². The third kappa shape index (κ3) is 3.50. The van der Waals surface area contributed by atoms with Crippen molar-refractivity contribution in [3.63, 3.8) is 0 Å². The van der Waals surface area contributed by atoms with Gasteiger partial charge in [0.05, 0.1) is 10.5 Å². The van der Waals surface area contributed by atoms with Crippen LogP contribution < -0.4 is 11.0 Å². The van der Waals surface area contributed by atoms with Crippen molar-refractivity contribution in [2.75, 3.05) is 0 Å². The van der Waals surface area contributed by atoms with E-state index >= 15 is 0 Å². The molecule has 2 heterocycles. The SMILES string of the molecule is CCCCCn1c(=O)[nH]c2ncc(Cl)c(CNC(=O)CC)c21. The second-order valence-corrected chi connectivity index (χ2v) is 5.61. The molecule has 0 fully saturated rings. The number of aryl methyl sites for hydroxylation is 1. The molecule has 2 aromatic heterocycles. The number of carbonyl (C=O) groups is 1. The van der Waals surface area contributed by atoms with Gasteiger partial charge in [0.1, 0.15) is 0 Å². The first-order valence-corrected chi connectivity index (χ1v) is 7.98. The van der Waals surface area contributed by atoms with Crippen molar-refractivity contribution >= 4 is 28.7 Å². The summed E-state index contributed by atoms with van der Waals surface area (Å²) in [5.74, 6) is -0.0588. The van der Waals surface area contributed by atoms with E-state index in [9.17, 15) is 9.59 Å². The summed E-state index contributed by atoms with van der Waals surface area (Å²) in [7, 11) is 0. The van der Waals surface area contributed by atoms with Crippen LogP contribution in [-0.4, -0.2) is 20.4 Å². The van der Waals surface area contributed by atoms with Crippen molar-refractivity contribution in [2.45, 2.75) is 52.6 Å². The van der Waals surface area contributed by atoms with Gasteiger partial charge in [0.25, 0.3) is 0 Å². The van der Waals surface area contributed by atoms with Gasteiger partial charge in [-0.1, -0.05) is 38.3 Å². The Morgan fingerprint density at radius 2 is 2.18 bits per heavy atom. The maximum Gasteiger partial charge on any atom is 0.327 e. The number of H-pyrrole nitrogens is 1. The molecule has 2 aromatic rings. The molecule has 0 atom stereocenters. The number of hydrogen-bond donors (Lipinski definition) is 2. The van der Waals surface area contributed by atoms with Gasteiger partial charge in [-0.25, -0.2) is 9.78 Å². The van der Waals surface area contributed by atoms with Crippen LogP contribution in [0.4, 0.5) is 0 Å². The van der Waals surface area contributed by atoms with Crippen LogP contribution in [0.2, 0.25) is 5.02 Å². The Labute approximate surface area is 133 Å². The smallest absolute Gasteiger partial charge is 0.327 e. The summed E-state index contributed by atoms with van der Waals surface area (Å²) in [6.07, 6.45) is 4.95. The minimum atomic E-state index is -0.191. The zero-order valence-corrected chi connectivity index (χ0v) is 13.7. The van der Waals surface area contributed by atoms with Crippen LogP contribution in [0.5, 0.6) is 0 Å². The number of pyridine rings is 1. The van der Waals surface area contributed by atoms with Crippen molar-refractivity contribution < 1.29 is 4.79 Å². The molecule has 22 heavy (non-hydrogen) atoms. The van der Waals surface area contributed by atoms with E-state index in [1.807, 2.05) is 0 Å². The Balaban J connectivity index is 2.41. The van der Waals surface area contributed by atoms with E-state index in [0.717, 1.165) is 24.8 Å². The third-order valence-corrected chi connectivity index (χ3v) is 3.94. The van der Waals surface area contributed by atoms with Crippen molar-refractivity contribution in [1.82, 2.24) is 19.9 Å². The van der Waals surface area contributed by atoms with E-state index in [1.165, 1.54) is 6.20 Å². The Morgan fingerprint density at radius 1 is 1.41 bits per heavy atom. The molecule has 0 aromatic carbocycles. The number of amides is 1. The summed E-state index contributed by atoms with van der Waals surface area (Å²) in [4.78, 5) is 30.5. The molecule has 0 aliphatic rings.